The Bertz CT molecular complexity index is 848. The normalized spacial score (nSPS) is 25.1. The van der Waals surface area contributed by atoms with E-state index in [1.54, 1.807) is 11.1 Å². The predicted octanol–water partition coefficient (Wildman–Crippen LogP) is 0.127. The van der Waals surface area contributed by atoms with Gasteiger partial charge in [0, 0.05) is 37.8 Å². The first kappa shape index (κ1) is 16.9. The molecular formula is C19H22N4O3. The van der Waals surface area contributed by atoms with Crippen LogP contribution in [0.15, 0.2) is 36.5 Å². The van der Waals surface area contributed by atoms with E-state index < -0.39 is 18.2 Å². The number of pyridine rings is 1. The van der Waals surface area contributed by atoms with Gasteiger partial charge in [0.2, 0.25) is 11.8 Å². The van der Waals surface area contributed by atoms with Crippen LogP contribution in [0.2, 0.25) is 0 Å². The predicted molar refractivity (Wildman–Crippen MR) is 96.1 cm³/mol. The van der Waals surface area contributed by atoms with Crippen molar-refractivity contribution in [1.29, 1.82) is 0 Å². The monoisotopic (exact) mass is 354 g/mol. The maximum absolute atomic E-state index is 12.5. The Morgan fingerprint density at radius 1 is 1.27 bits per heavy atom. The van der Waals surface area contributed by atoms with Crippen molar-refractivity contribution >= 4 is 22.7 Å². The van der Waals surface area contributed by atoms with Crippen molar-refractivity contribution in [2.45, 2.75) is 31.7 Å². The summed E-state index contributed by atoms with van der Waals surface area (Å²) in [6, 6.07) is 8.71. The van der Waals surface area contributed by atoms with Gasteiger partial charge < -0.3 is 15.3 Å². The van der Waals surface area contributed by atoms with Crippen LogP contribution in [0.1, 0.15) is 12.5 Å². The first-order chi connectivity index (χ1) is 12.5. The number of rotatable bonds is 3. The SMILES string of the molecule is C[C@@H](O)[C@@H]1NC(=O)[C@H]2CN(Cc3cccc4cccnc34)CCN2C1=O. The summed E-state index contributed by atoms with van der Waals surface area (Å²) in [6.45, 7) is 3.85. The molecule has 0 bridgehead atoms. The third-order valence-corrected chi connectivity index (χ3v) is 5.21. The number of hydrogen-bond acceptors (Lipinski definition) is 5. The van der Waals surface area contributed by atoms with Crippen LogP contribution >= 0.6 is 0 Å². The first-order valence-electron chi connectivity index (χ1n) is 8.88. The standard InChI is InChI=1S/C19H22N4O3/c1-12(24)16-19(26)23-9-8-22(11-15(23)18(25)21-16)10-14-5-2-4-13-6-3-7-20-17(13)14/h2-7,12,15-16,24H,8-11H2,1H3,(H,21,25)/t12-,15-,16+/m1/s1. The highest BCUT2D eigenvalue weighted by molar-refractivity contribution is 5.97. The Balaban J connectivity index is 1.52. The molecule has 2 N–H and O–H groups in total. The average Bonchev–Trinajstić information content (AvgIpc) is 2.65. The van der Waals surface area contributed by atoms with E-state index in [9.17, 15) is 14.7 Å². The fourth-order valence-corrected chi connectivity index (χ4v) is 3.82. The molecule has 2 fully saturated rings. The maximum atomic E-state index is 12.5. The average molecular weight is 354 g/mol. The fourth-order valence-electron chi connectivity index (χ4n) is 3.82. The maximum Gasteiger partial charge on any atom is 0.248 e. The van der Waals surface area contributed by atoms with Gasteiger partial charge in [0.1, 0.15) is 12.1 Å². The van der Waals surface area contributed by atoms with E-state index in [0.29, 0.717) is 26.2 Å². The molecule has 2 aliphatic rings. The molecule has 3 heterocycles. The minimum atomic E-state index is -0.896. The lowest BCUT2D eigenvalue weighted by Crippen LogP contribution is -2.70. The van der Waals surface area contributed by atoms with Crippen molar-refractivity contribution < 1.29 is 14.7 Å². The lowest BCUT2D eigenvalue weighted by atomic mass is 10.0. The highest BCUT2D eigenvalue weighted by Crippen LogP contribution is 2.22. The van der Waals surface area contributed by atoms with Crippen molar-refractivity contribution in [3.63, 3.8) is 0 Å². The van der Waals surface area contributed by atoms with Gasteiger partial charge in [0.05, 0.1) is 11.6 Å². The summed E-state index contributed by atoms with van der Waals surface area (Å²) in [5, 5.41) is 13.5. The number of carbonyl (C=O) groups excluding carboxylic acids is 2. The molecule has 7 heteroatoms. The summed E-state index contributed by atoms with van der Waals surface area (Å²) in [7, 11) is 0. The number of aromatic nitrogens is 1. The summed E-state index contributed by atoms with van der Waals surface area (Å²) in [5.41, 5.74) is 2.08. The fraction of sp³-hybridized carbons (Fsp3) is 0.421. The summed E-state index contributed by atoms with van der Waals surface area (Å²) in [5.74, 6) is -0.396. The van der Waals surface area contributed by atoms with Crippen molar-refractivity contribution in [1.82, 2.24) is 20.1 Å². The van der Waals surface area contributed by atoms with Gasteiger partial charge in [0.15, 0.2) is 0 Å². The summed E-state index contributed by atoms with van der Waals surface area (Å²) in [4.78, 5) is 33.2. The summed E-state index contributed by atoms with van der Waals surface area (Å²) in [6.07, 6.45) is 0.889. The molecule has 0 radical (unpaired) electrons. The Labute approximate surface area is 151 Å². The molecule has 4 rings (SSSR count). The molecule has 1 aromatic carbocycles. The molecular weight excluding hydrogens is 332 g/mol. The Morgan fingerprint density at radius 2 is 2.08 bits per heavy atom. The number of hydrogen-bond donors (Lipinski definition) is 2. The van der Waals surface area contributed by atoms with Gasteiger partial charge in [-0.25, -0.2) is 0 Å². The van der Waals surface area contributed by atoms with Gasteiger partial charge in [-0.15, -0.1) is 0 Å². The van der Waals surface area contributed by atoms with E-state index in [4.69, 9.17) is 0 Å². The minimum absolute atomic E-state index is 0.198. The second-order valence-corrected chi connectivity index (χ2v) is 7.00. The molecule has 0 saturated carbocycles. The molecule has 0 aliphatic carbocycles. The van der Waals surface area contributed by atoms with Crippen LogP contribution in [0.3, 0.4) is 0 Å². The molecule has 0 unspecified atom stereocenters. The van der Waals surface area contributed by atoms with Crippen molar-refractivity contribution in [3.8, 4) is 0 Å². The number of para-hydroxylation sites is 1. The number of nitrogens with zero attached hydrogens (tertiary/aromatic N) is 3. The number of piperazine rings is 2. The third kappa shape index (κ3) is 2.93. The highest BCUT2D eigenvalue weighted by atomic mass is 16.3. The Hall–Kier alpha value is -2.51. The molecule has 2 saturated heterocycles. The van der Waals surface area contributed by atoms with Crippen LogP contribution < -0.4 is 5.32 Å². The van der Waals surface area contributed by atoms with E-state index in [1.165, 1.54) is 6.92 Å². The first-order valence-corrected chi connectivity index (χ1v) is 8.88. The van der Waals surface area contributed by atoms with E-state index in [-0.39, 0.29) is 11.8 Å². The topological polar surface area (TPSA) is 85.8 Å². The molecule has 7 nitrogen and oxygen atoms in total. The van der Waals surface area contributed by atoms with Crippen molar-refractivity contribution in [2.75, 3.05) is 19.6 Å². The minimum Gasteiger partial charge on any atom is -0.391 e. The highest BCUT2D eigenvalue weighted by Gasteiger charge is 2.44. The summed E-state index contributed by atoms with van der Waals surface area (Å²) >= 11 is 0. The van der Waals surface area contributed by atoms with Crippen LogP contribution in [0, 0.1) is 0 Å². The number of carbonyl (C=O) groups is 2. The zero-order chi connectivity index (χ0) is 18.3. The molecule has 0 spiro atoms. The molecule has 3 atom stereocenters. The van der Waals surface area contributed by atoms with E-state index in [2.05, 4.69) is 21.3 Å². The van der Waals surface area contributed by atoms with E-state index >= 15 is 0 Å². The number of benzene rings is 1. The number of aliphatic hydroxyl groups is 1. The molecule has 2 amide bonds. The van der Waals surface area contributed by atoms with Crippen LogP contribution in [0.4, 0.5) is 0 Å². The van der Waals surface area contributed by atoms with Crippen molar-refractivity contribution in [3.05, 3.63) is 42.1 Å². The lowest BCUT2D eigenvalue weighted by molar-refractivity contribution is -0.156. The van der Waals surface area contributed by atoms with Crippen LogP contribution in [0.25, 0.3) is 10.9 Å². The Kier molecular flexibility index (Phi) is 4.34. The van der Waals surface area contributed by atoms with Crippen LogP contribution in [0.5, 0.6) is 0 Å². The second-order valence-electron chi connectivity index (χ2n) is 7.00. The van der Waals surface area contributed by atoms with E-state index in [0.717, 1.165) is 16.5 Å². The quantitative estimate of drug-likeness (QED) is 0.818. The number of nitrogens with one attached hydrogen (secondary N) is 1. The number of fused-ring (bicyclic) bond motifs is 2. The van der Waals surface area contributed by atoms with E-state index in [1.807, 2.05) is 24.3 Å². The number of aliphatic hydroxyl groups excluding tert-OH is 1. The largest absolute Gasteiger partial charge is 0.391 e. The van der Waals surface area contributed by atoms with Gasteiger partial charge in [0.25, 0.3) is 0 Å². The van der Waals surface area contributed by atoms with Gasteiger partial charge in [-0.3, -0.25) is 19.5 Å². The lowest BCUT2D eigenvalue weighted by Gasteiger charge is -2.45. The third-order valence-electron chi connectivity index (χ3n) is 5.21. The van der Waals surface area contributed by atoms with Gasteiger partial charge in [-0.1, -0.05) is 24.3 Å². The van der Waals surface area contributed by atoms with Gasteiger partial charge >= 0.3 is 0 Å². The smallest absolute Gasteiger partial charge is 0.248 e. The molecule has 26 heavy (non-hydrogen) atoms. The second kappa shape index (κ2) is 6.66. The zero-order valence-electron chi connectivity index (χ0n) is 14.6. The van der Waals surface area contributed by atoms with Gasteiger partial charge in [-0.2, -0.15) is 0 Å². The summed E-state index contributed by atoms with van der Waals surface area (Å²) < 4.78 is 0. The van der Waals surface area contributed by atoms with Crippen molar-refractivity contribution in [2.24, 2.45) is 0 Å². The van der Waals surface area contributed by atoms with Crippen LogP contribution in [-0.4, -0.2) is 69.5 Å². The number of amides is 2. The zero-order valence-corrected chi connectivity index (χ0v) is 14.6. The van der Waals surface area contributed by atoms with Gasteiger partial charge in [-0.05, 0) is 18.6 Å². The Morgan fingerprint density at radius 3 is 2.88 bits per heavy atom. The molecule has 136 valence electrons. The molecule has 2 aromatic rings. The van der Waals surface area contributed by atoms with Crippen LogP contribution in [-0.2, 0) is 16.1 Å². The molecule has 1 aromatic heterocycles. The molecule has 2 aliphatic heterocycles.